The van der Waals surface area contributed by atoms with Crippen LogP contribution in [0.2, 0.25) is 10.0 Å². The number of nitrogens with one attached hydrogen (secondary N) is 1. The molecule has 1 aromatic carbocycles. The van der Waals surface area contributed by atoms with E-state index in [1.165, 1.54) is 0 Å². The molecule has 1 aromatic heterocycles. The van der Waals surface area contributed by atoms with E-state index < -0.39 is 0 Å². The van der Waals surface area contributed by atoms with Crippen LogP contribution in [0.5, 0.6) is 0 Å². The van der Waals surface area contributed by atoms with Crippen LogP contribution < -0.4 is 5.56 Å². The van der Waals surface area contributed by atoms with Gasteiger partial charge in [0.05, 0.1) is 15.7 Å². The number of hydrogen-bond acceptors (Lipinski definition) is 2. The Bertz CT molecular complexity index is 635. The molecule has 2 aromatic rings. The monoisotopic (exact) mass is 268 g/mol. The Hall–Kier alpha value is -1.32. The summed E-state index contributed by atoms with van der Waals surface area (Å²) in [5.41, 5.74) is 2.08. The van der Waals surface area contributed by atoms with Crippen molar-refractivity contribution in [2.45, 2.75) is 13.8 Å². The van der Waals surface area contributed by atoms with Crippen molar-refractivity contribution >= 4 is 23.2 Å². The molecule has 17 heavy (non-hydrogen) atoms. The van der Waals surface area contributed by atoms with Crippen molar-refractivity contribution in [2.75, 3.05) is 0 Å². The predicted molar refractivity (Wildman–Crippen MR) is 69.8 cm³/mol. The second-order valence-electron chi connectivity index (χ2n) is 3.73. The van der Waals surface area contributed by atoms with Crippen molar-refractivity contribution in [1.29, 1.82) is 0 Å². The van der Waals surface area contributed by atoms with Crippen molar-refractivity contribution in [2.24, 2.45) is 0 Å². The Morgan fingerprint density at radius 3 is 2.65 bits per heavy atom. The van der Waals surface area contributed by atoms with Crippen LogP contribution in [0.3, 0.4) is 0 Å². The van der Waals surface area contributed by atoms with Gasteiger partial charge >= 0.3 is 0 Å². The van der Waals surface area contributed by atoms with Crippen LogP contribution in [-0.4, -0.2) is 9.97 Å². The predicted octanol–water partition coefficient (Wildman–Crippen LogP) is 3.36. The van der Waals surface area contributed by atoms with Gasteiger partial charge in [-0.1, -0.05) is 35.3 Å². The fourth-order valence-corrected chi connectivity index (χ4v) is 1.88. The number of halogens is 2. The first-order chi connectivity index (χ1) is 8.00. The number of aromatic nitrogens is 2. The van der Waals surface area contributed by atoms with Gasteiger partial charge in [0.15, 0.2) is 0 Å². The highest BCUT2D eigenvalue weighted by Crippen LogP contribution is 2.30. The molecule has 0 fully saturated rings. The van der Waals surface area contributed by atoms with E-state index in [1.54, 1.807) is 25.1 Å². The van der Waals surface area contributed by atoms with E-state index in [1.807, 2.05) is 6.92 Å². The summed E-state index contributed by atoms with van der Waals surface area (Å²) in [6.07, 6.45) is 0. The molecule has 0 spiro atoms. The summed E-state index contributed by atoms with van der Waals surface area (Å²) in [5, 5.41) is 0.749. The molecular weight excluding hydrogens is 259 g/mol. The third-order valence-electron chi connectivity index (χ3n) is 2.55. The van der Waals surface area contributed by atoms with E-state index in [4.69, 9.17) is 23.2 Å². The van der Waals surface area contributed by atoms with Gasteiger partial charge in [0.1, 0.15) is 5.69 Å². The molecule has 0 aliphatic carbocycles. The number of H-pyrrole nitrogens is 1. The Morgan fingerprint density at radius 1 is 1.24 bits per heavy atom. The van der Waals surface area contributed by atoms with Crippen molar-refractivity contribution in [3.05, 3.63) is 50.0 Å². The van der Waals surface area contributed by atoms with Crippen LogP contribution in [0.15, 0.2) is 23.0 Å². The minimum absolute atomic E-state index is 0.266. The molecule has 88 valence electrons. The van der Waals surface area contributed by atoms with Crippen LogP contribution in [-0.2, 0) is 0 Å². The molecule has 1 N–H and O–H groups in total. The average molecular weight is 269 g/mol. The van der Waals surface area contributed by atoms with Gasteiger partial charge < -0.3 is 4.98 Å². The molecule has 1 heterocycles. The third kappa shape index (κ3) is 2.21. The number of rotatable bonds is 1. The Kier molecular flexibility index (Phi) is 3.22. The lowest BCUT2D eigenvalue weighted by Crippen LogP contribution is -2.14. The molecule has 0 radical (unpaired) electrons. The Morgan fingerprint density at radius 2 is 1.94 bits per heavy atom. The van der Waals surface area contributed by atoms with Crippen LogP contribution in [0.1, 0.15) is 11.4 Å². The SMILES string of the molecule is Cc1nc(-c2cccc(Cl)c2Cl)c(=O)[nH]c1C. The molecule has 3 nitrogen and oxygen atoms in total. The van der Waals surface area contributed by atoms with E-state index in [0.29, 0.717) is 21.3 Å². The summed E-state index contributed by atoms with van der Waals surface area (Å²) in [6, 6.07) is 5.13. The van der Waals surface area contributed by atoms with Crippen molar-refractivity contribution in [1.82, 2.24) is 9.97 Å². The maximum absolute atomic E-state index is 11.8. The fraction of sp³-hybridized carbons (Fsp3) is 0.167. The first-order valence-corrected chi connectivity index (χ1v) is 5.78. The number of hydrogen-bond donors (Lipinski definition) is 1. The molecule has 0 unspecified atom stereocenters. The van der Waals surface area contributed by atoms with Gasteiger partial charge in [0.2, 0.25) is 0 Å². The normalized spacial score (nSPS) is 10.6. The molecule has 0 aliphatic rings. The molecule has 0 saturated carbocycles. The summed E-state index contributed by atoms with van der Waals surface area (Å²) in [5.74, 6) is 0. The summed E-state index contributed by atoms with van der Waals surface area (Å²) in [4.78, 5) is 18.8. The topological polar surface area (TPSA) is 45.8 Å². The molecule has 0 bridgehead atoms. The highest BCUT2D eigenvalue weighted by Gasteiger charge is 2.12. The number of benzene rings is 1. The van der Waals surface area contributed by atoms with E-state index in [9.17, 15) is 4.79 Å². The first kappa shape index (κ1) is 12.1. The zero-order valence-electron chi connectivity index (χ0n) is 9.34. The molecular formula is C12H10Cl2N2O. The zero-order chi connectivity index (χ0) is 12.6. The number of nitrogens with zero attached hydrogens (tertiary/aromatic N) is 1. The molecule has 5 heteroatoms. The van der Waals surface area contributed by atoms with E-state index in [-0.39, 0.29) is 5.56 Å². The maximum Gasteiger partial charge on any atom is 0.274 e. The number of aryl methyl sites for hydroxylation is 2. The third-order valence-corrected chi connectivity index (χ3v) is 3.36. The summed E-state index contributed by atoms with van der Waals surface area (Å²) >= 11 is 12.0. The van der Waals surface area contributed by atoms with Gasteiger partial charge in [-0.05, 0) is 19.9 Å². The van der Waals surface area contributed by atoms with E-state index >= 15 is 0 Å². The lowest BCUT2D eigenvalue weighted by atomic mass is 10.1. The Balaban J connectivity index is 2.73. The Labute approximate surface area is 108 Å². The van der Waals surface area contributed by atoms with Gasteiger partial charge in [-0.2, -0.15) is 0 Å². The van der Waals surface area contributed by atoms with Crippen molar-refractivity contribution < 1.29 is 0 Å². The molecule has 0 atom stereocenters. The largest absolute Gasteiger partial charge is 0.323 e. The zero-order valence-corrected chi connectivity index (χ0v) is 10.9. The molecule has 0 saturated heterocycles. The van der Waals surface area contributed by atoms with Crippen LogP contribution in [0.4, 0.5) is 0 Å². The van der Waals surface area contributed by atoms with Crippen molar-refractivity contribution in [3.63, 3.8) is 0 Å². The molecule has 2 rings (SSSR count). The standard InChI is InChI=1S/C12H10Cl2N2O/c1-6-7(2)16-12(17)11(15-6)8-4-3-5-9(13)10(8)14/h3-5H,1-2H3,(H,16,17). The summed E-state index contributed by atoms with van der Waals surface area (Å²) in [7, 11) is 0. The van der Waals surface area contributed by atoms with Crippen molar-refractivity contribution in [3.8, 4) is 11.3 Å². The van der Waals surface area contributed by atoms with Gasteiger partial charge in [-0.15, -0.1) is 0 Å². The quantitative estimate of drug-likeness (QED) is 0.862. The molecule has 0 amide bonds. The average Bonchev–Trinajstić information content (AvgIpc) is 2.28. The van der Waals surface area contributed by atoms with Gasteiger partial charge in [0, 0.05) is 11.3 Å². The minimum atomic E-state index is -0.266. The first-order valence-electron chi connectivity index (χ1n) is 5.02. The lowest BCUT2D eigenvalue weighted by molar-refractivity contribution is 1.02. The summed E-state index contributed by atoms with van der Waals surface area (Å²) < 4.78 is 0. The smallest absolute Gasteiger partial charge is 0.274 e. The van der Waals surface area contributed by atoms with Crippen LogP contribution in [0, 0.1) is 13.8 Å². The maximum atomic E-state index is 11.8. The van der Waals surface area contributed by atoms with Gasteiger partial charge in [-0.25, -0.2) is 4.98 Å². The fourth-order valence-electron chi connectivity index (χ4n) is 1.49. The van der Waals surface area contributed by atoms with E-state index in [0.717, 1.165) is 11.4 Å². The van der Waals surface area contributed by atoms with Gasteiger partial charge in [0.25, 0.3) is 5.56 Å². The van der Waals surface area contributed by atoms with Gasteiger partial charge in [-0.3, -0.25) is 4.79 Å². The highest BCUT2D eigenvalue weighted by atomic mass is 35.5. The highest BCUT2D eigenvalue weighted by molar-refractivity contribution is 6.43. The second kappa shape index (κ2) is 4.51. The van der Waals surface area contributed by atoms with Crippen LogP contribution >= 0.6 is 23.2 Å². The van der Waals surface area contributed by atoms with E-state index in [2.05, 4.69) is 9.97 Å². The molecule has 0 aliphatic heterocycles. The summed E-state index contributed by atoms with van der Waals surface area (Å²) in [6.45, 7) is 3.63. The second-order valence-corrected chi connectivity index (χ2v) is 4.51. The lowest BCUT2D eigenvalue weighted by Gasteiger charge is -2.06. The minimum Gasteiger partial charge on any atom is -0.323 e. The number of aromatic amines is 1. The van der Waals surface area contributed by atoms with Crippen LogP contribution in [0.25, 0.3) is 11.3 Å².